The lowest BCUT2D eigenvalue weighted by atomic mass is 10.2. The van der Waals surface area contributed by atoms with Crippen molar-refractivity contribution in [2.45, 2.75) is 38.5 Å². The number of nitro groups is 1. The number of nitrogens with zero attached hydrogens (tertiary/aromatic N) is 2. The molecule has 0 aromatic heterocycles. The first-order valence-electron chi connectivity index (χ1n) is 6.23. The minimum absolute atomic E-state index is 0.0459. The van der Waals surface area contributed by atoms with Gasteiger partial charge in [-0.15, -0.1) is 0 Å². The second-order valence-corrected chi connectivity index (χ2v) is 4.39. The van der Waals surface area contributed by atoms with Gasteiger partial charge in [-0.3, -0.25) is 10.1 Å². The summed E-state index contributed by atoms with van der Waals surface area (Å²) >= 11 is 0. The van der Waals surface area contributed by atoms with Crippen LogP contribution in [0.1, 0.15) is 38.5 Å². The summed E-state index contributed by atoms with van der Waals surface area (Å²) in [7, 11) is 0. The van der Waals surface area contributed by atoms with Crippen LogP contribution >= 0.6 is 0 Å². The van der Waals surface area contributed by atoms with Crippen LogP contribution in [0.15, 0.2) is 29.4 Å². The van der Waals surface area contributed by atoms with Gasteiger partial charge >= 0.3 is 5.69 Å². The maximum atomic E-state index is 10.8. The molecule has 1 fully saturated rings. The second-order valence-electron chi connectivity index (χ2n) is 4.39. The van der Waals surface area contributed by atoms with Gasteiger partial charge in [0.25, 0.3) is 0 Å². The standard InChI is InChI=1S/C13H16N2O3/c16-15(17)12-9-5-6-10-13(12)18-14-11-7-3-1-2-4-8-11/h5-6,9-10H,1-4,7-8H2. The third kappa shape index (κ3) is 3.29. The highest BCUT2D eigenvalue weighted by molar-refractivity contribution is 5.84. The number of hydrogen-bond donors (Lipinski definition) is 0. The van der Waals surface area contributed by atoms with Crippen molar-refractivity contribution >= 4 is 11.4 Å². The largest absolute Gasteiger partial charge is 0.350 e. The van der Waals surface area contributed by atoms with Crippen molar-refractivity contribution in [1.82, 2.24) is 0 Å². The predicted molar refractivity (Wildman–Crippen MR) is 68.9 cm³/mol. The molecule has 1 aromatic rings. The van der Waals surface area contributed by atoms with Crippen molar-refractivity contribution < 1.29 is 9.76 Å². The zero-order valence-electron chi connectivity index (χ0n) is 10.2. The number of nitro benzene ring substituents is 1. The van der Waals surface area contributed by atoms with Crippen LogP contribution in [0.25, 0.3) is 0 Å². The Labute approximate surface area is 106 Å². The van der Waals surface area contributed by atoms with E-state index in [9.17, 15) is 10.1 Å². The third-order valence-corrected chi connectivity index (χ3v) is 3.02. The normalized spacial score (nSPS) is 15.9. The molecule has 0 unspecified atom stereocenters. The molecule has 1 aromatic carbocycles. The van der Waals surface area contributed by atoms with Crippen LogP contribution in [0.5, 0.6) is 5.75 Å². The van der Waals surface area contributed by atoms with Gasteiger partial charge in [0.2, 0.25) is 5.75 Å². The molecule has 0 radical (unpaired) electrons. The first kappa shape index (κ1) is 12.5. The van der Waals surface area contributed by atoms with E-state index in [1.807, 2.05) is 0 Å². The first-order valence-corrected chi connectivity index (χ1v) is 6.23. The maximum absolute atomic E-state index is 10.8. The van der Waals surface area contributed by atoms with Crippen LogP contribution < -0.4 is 4.84 Å². The lowest BCUT2D eigenvalue weighted by molar-refractivity contribution is -0.385. The Bertz CT molecular complexity index is 447. The Morgan fingerprint density at radius 2 is 1.78 bits per heavy atom. The minimum atomic E-state index is -0.456. The topological polar surface area (TPSA) is 64.7 Å². The molecule has 1 aliphatic rings. The number of para-hydroxylation sites is 2. The van der Waals surface area contributed by atoms with Crippen molar-refractivity contribution in [3.63, 3.8) is 0 Å². The van der Waals surface area contributed by atoms with Crippen LogP contribution in [0, 0.1) is 10.1 Å². The molecule has 0 heterocycles. The molecule has 0 aliphatic heterocycles. The zero-order valence-corrected chi connectivity index (χ0v) is 10.2. The molecular formula is C13H16N2O3. The van der Waals surface area contributed by atoms with Gasteiger partial charge in [0.1, 0.15) is 0 Å². The van der Waals surface area contributed by atoms with E-state index in [1.165, 1.54) is 18.9 Å². The van der Waals surface area contributed by atoms with Crippen LogP contribution in [0.3, 0.4) is 0 Å². The Kier molecular flexibility index (Phi) is 4.28. The van der Waals surface area contributed by atoms with E-state index in [0.717, 1.165) is 31.4 Å². The van der Waals surface area contributed by atoms with Gasteiger partial charge in [-0.25, -0.2) is 0 Å². The van der Waals surface area contributed by atoms with E-state index >= 15 is 0 Å². The Morgan fingerprint density at radius 3 is 2.44 bits per heavy atom. The summed E-state index contributed by atoms with van der Waals surface area (Å²) in [6, 6.07) is 6.31. The van der Waals surface area contributed by atoms with E-state index in [2.05, 4.69) is 5.16 Å². The molecule has 18 heavy (non-hydrogen) atoms. The van der Waals surface area contributed by atoms with Crippen molar-refractivity contribution in [1.29, 1.82) is 0 Å². The summed E-state index contributed by atoms with van der Waals surface area (Å²) < 4.78 is 0. The highest BCUT2D eigenvalue weighted by Gasteiger charge is 2.14. The Balaban J connectivity index is 2.09. The maximum Gasteiger partial charge on any atom is 0.314 e. The molecule has 0 spiro atoms. The molecular weight excluding hydrogens is 232 g/mol. The number of hydrogen-bond acceptors (Lipinski definition) is 4. The summed E-state index contributed by atoms with van der Waals surface area (Å²) in [6.45, 7) is 0. The molecule has 96 valence electrons. The number of benzene rings is 1. The molecule has 0 amide bonds. The highest BCUT2D eigenvalue weighted by atomic mass is 16.6. The van der Waals surface area contributed by atoms with Gasteiger partial charge < -0.3 is 4.84 Å². The molecule has 1 saturated carbocycles. The monoisotopic (exact) mass is 248 g/mol. The molecule has 1 aliphatic carbocycles. The number of oxime groups is 1. The van der Waals surface area contributed by atoms with Crippen molar-refractivity contribution in [3.05, 3.63) is 34.4 Å². The summed E-state index contributed by atoms with van der Waals surface area (Å²) in [6.07, 6.45) is 6.56. The van der Waals surface area contributed by atoms with Gasteiger partial charge in [-0.1, -0.05) is 30.1 Å². The van der Waals surface area contributed by atoms with Gasteiger partial charge in [-0.2, -0.15) is 0 Å². The van der Waals surface area contributed by atoms with Crippen molar-refractivity contribution in [2.24, 2.45) is 5.16 Å². The van der Waals surface area contributed by atoms with Crippen LogP contribution in [0.4, 0.5) is 5.69 Å². The Hall–Kier alpha value is -1.91. The van der Waals surface area contributed by atoms with Gasteiger partial charge in [0.05, 0.1) is 10.6 Å². The second kappa shape index (κ2) is 6.14. The predicted octanol–water partition coefficient (Wildman–Crippen LogP) is 3.68. The summed E-state index contributed by atoms with van der Waals surface area (Å²) in [5.74, 6) is 0.208. The Morgan fingerprint density at radius 1 is 1.11 bits per heavy atom. The molecule has 0 atom stereocenters. The van der Waals surface area contributed by atoms with Crippen molar-refractivity contribution in [2.75, 3.05) is 0 Å². The fraction of sp³-hybridized carbons (Fsp3) is 0.462. The van der Waals surface area contributed by atoms with Crippen molar-refractivity contribution in [3.8, 4) is 5.75 Å². The highest BCUT2D eigenvalue weighted by Crippen LogP contribution is 2.26. The quantitative estimate of drug-likeness (QED) is 0.465. The van der Waals surface area contributed by atoms with Crippen LogP contribution in [0.2, 0.25) is 0 Å². The van der Waals surface area contributed by atoms with E-state index in [1.54, 1.807) is 18.2 Å². The summed E-state index contributed by atoms with van der Waals surface area (Å²) in [4.78, 5) is 15.6. The van der Waals surface area contributed by atoms with Gasteiger partial charge in [0, 0.05) is 6.07 Å². The average molecular weight is 248 g/mol. The zero-order chi connectivity index (χ0) is 12.8. The van der Waals surface area contributed by atoms with E-state index in [0.29, 0.717) is 0 Å². The molecule has 5 heteroatoms. The summed E-state index contributed by atoms with van der Waals surface area (Å²) in [5, 5.41) is 14.9. The van der Waals surface area contributed by atoms with Crippen LogP contribution in [-0.4, -0.2) is 10.6 Å². The lowest BCUT2D eigenvalue weighted by Gasteiger charge is -2.03. The average Bonchev–Trinajstić information content (AvgIpc) is 2.65. The van der Waals surface area contributed by atoms with Crippen LogP contribution in [-0.2, 0) is 0 Å². The summed E-state index contributed by atoms with van der Waals surface area (Å²) in [5.41, 5.74) is 0.959. The molecule has 5 nitrogen and oxygen atoms in total. The molecule has 2 rings (SSSR count). The SMILES string of the molecule is O=[N+]([O-])c1ccccc1ON=C1CCCCCC1. The fourth-order valence-electron chi connectivity index (χ4n) is 2.03. The molecule has 0 bridgehead atoms. The van der Waals surface area contributed by atoms with E-state index in [-0.39, 0.29) is 11.4 Å². The fourth-order valence-corrected chi connectivity index (χ4v) is 2.03. The smallest absolute Gasteiger partial charge is 0.314 e. The van der Waals surface area contributed by atoms with E-state index < -0.39 is 4.92 Å². The number of rotatable bonds is 3. The van der Waals surface area contributed by atoms with Gasteiger partial charge in [-0.05, 0) is 31.7 Å². The first-order chi connectivity index (χ1) is 8.77. The van der Waals surface area contributed by atoms with Gasteiger partial charge in [0.15, 0.2) is 0 Å². The minimum Gasteiger partial charge on any atom is -0.350 e. The van der Waals surface area contributed by atoms with E-state index in [4.69, 9.17) is 4.84 Å². The lowest BCUT2D eigenvalue weighted by Crippen LogP contribution is -2.00. The third-order valence-electron chi connectivity index (χ3n) is 3.02. The molecule has 0 saturated heterocycles. The molecule has 0 N–H and O–H groups in total.